The molecule has 1 aromatic carbocycles. The number of hydrogen-bond donors (Lipinski definition) is 0. The lowest BCUT2D eigenvalue weighted by Gasteiger charge is -2.12. The maximum Gasteiger partial charge on any atom is 0.417 e. The molecule has 2 aromatic rings. The summed E-state index contributed by atoms with van der Waals surface area (Å²) in [4.78, 5) is 10.8. The molecule has 0 aliphatic rings. The minimum atomic E-state index is -4.57. The number of halogens is 3. The van der Waals surface area contributed by atoms with Crippen LogP contribution in [0.25, 0.3) is 5.69 Å². The molecule has 21 heavy (non-hydrogen) atoms. The molecule has 0 atom stereocenters. The van der Waals surface area contributed by atoms with Crippen molar-refractivity contribution in [2.45, 2.75) is 32.9 Å². The molecule has 6 heteroatoms. The summed E-state index contributed by atoms with van der Waals surface area (Å²) in [5.74, 6) is 0. The van der Waals surface area contributed by atoms with E-state index in [2.05, 4.69) is 5.10 Å². The third-order valence-corrected chi connectivity index (χ3v) is 3.27. The van der Waals surface area contributed by atoms with Gasteiger partial charge in [0, 0.05) is 11.3 Å². The molecular weight excluding hydrogens is 281 g/mol. The van der Waals surface area contributed by atoms with Crippen molar-refractivity contribution in [1.29, 1.82) is 0 Å². The Morgan fingerprint density at radius 2 is 1.90 bits per heavy atom. The zero-order chi connectivity index (χ0) is 15.6. The number of aryl methyl sites for hydroxylation is 2. The van der Waals surface area contributed by atoms with Gasteiger partial charge >= 0.3 is 6.18 Å². The fraction of sp³-hybridized carbons (Fsp3) is 0.333. The highest BCUT2D eigenvalue weighted by Gasteiger charge is 2.33. The number of benzene rings is 1. The van der Waals surface area contributed by atoms with E-state index in [1.807, 2.05) is 19.9 Å². The third kappa shape index (κ3) is 2.99. The van der Waals surface area contributed by atoms with Crippen LogP contribution in [0.2, 0.25) is 0 Å². The van der Waals surface area contributed by atoms with E-state index in [0.717, 1.165) is 17.5 Å². The van der Waals surface area contributed by atoms with Crippen molar-refractivity contribution in [3.8, 4) is 5.69 Å². The highest BCUT2D eigenvalue weighted by molar-refractivity contribution is 5.78. The number of carbonyl (C=O) groups is 1. The fourth-order valence-electron chi connectivity index (χ4n) is 2.15. The van der Waals surface area contributed by atoms with Crippen molar-refractivity contribution < 1.29 is 18.0 Å². The Labute approximate surface area is 120 Å². The minimum Gasteiger partial charge on any atom is -0.298 e. The standard InChI is InChI=1S/C15H15F3N2O/c1-3-11-7-12(4-2)20(19-11)13-6-5-10(9-21)14(8-13)15(16,17)18/h5-9H,3-4H2,1-2H3. The van der Waals surface area contributed by atoms with Crippen LogP contribution in [0.3, 0.4) is 0 Å². The predicted molar refractivity (Wildman–Crippen MR) is 72.7 cm³/mol. The molecule has 3 nitrogen and oxygen atoms in total. The monoisotopic (exact) mass is 296 g/mol. The third-order valence-electron chi connectivity index (χ3n) is 3.27. The van der Waals surface area contributed by atoms with Crippen molar-refractivity contribution in [1.82, 2.24) is 9.78 Å². The molecule has 0 unspecified atom stereocenters. The molecule has 1 aromatic heterocycles. The van der Waals surface area contributed by atoms with Gasteiger partial charge in [0.1, 0.15) is 0 Å². The second-order valence-corrected chi connectivity index (χ2v) is 4.63. The minimum absolute atomic E-state index is 0.216. The lowest BCUT2D eigenvalue weighted by molar-refractivity contribution is -0.137. The molecule has 1 heterocycles. The van der Waals surface area contributed by atoms with Gasteiger partial charge in [-0.3, -0.25) is 4.79 Å². The molecular formula is C15H15F3N2O. The Kier molecular flexibility index (Phi) is 4.16. The Morgan fingerprint density at radius 1 is 1.19 bits per heavy atom. The highest BCUT2D eigenvalue weighted by atomic mass is 19.4. The first kappa shape index (κ1) is 15.3. The zero-order valence-electron chi connectivity index (χ0n) is 11.7. The average molecular weight is 296 g/mol. The number of aromatic nitrogens is 2. The molecule has 0 saturated heterocycles. The summed E-state index contributed by atoms with van der Waals surface area (Å²) in [6, 6.07) is 5.50. The van der Waals surface area contributed by atoms with Crippen molar-refractivity contribution in [3.05, 3.63) is 46.8 Å². The average Bonchev–Trinajstić information content (AvgIpc) is 2.89. The second kappa shape index (κ2) is 5.71. The molecule has 2 rings (SSSR count). The predicted octanol–water partition coefficient (Wildman–Crippen LogP) is 3.83. The van der Waals surface area contributed by atoms with E-state index in [1.165, 1.54) is 16.8 Å². The first-order valence-corrected chi connectivity index (χ1v) is 6.65. The first-order chi connectivity index (χ1) is 9.90. The molecule has 0 fully saturated rings. The van der Waals surface area contributed by atoms with Crippen LogP contribution in [0.4, 0.5) is 13.2 Å². The summed E-state index contributed by atoms with van der Waals surface area (Å²) in [5.41, 5.74) is 0.654. The molecule has 0 N–H and O–H groups in total. The van der Waals surface area contributed by atoms with Gasteiger partial charge in [-0.1, -0.05) is 13.8 Å². The van der Waals surface area contributed by atoms with Crippen molar-refractivity contribution in [2.75, 3.05) is 0 Å². The molecule has 0 saturated carbocycles. The van der Waals surface area contributed by atoms with Gasteiger partial charge in [-0.25, -0.2) is 4.68 Å². The summed E-state index contributed by atoms with van der Waals surface area (Å²) >= 11 is 0. The van der Waals surface area contributed by atoms with Crippen LogP contribution < -0.4 is 0 Å². The fourth-order valence-corrected chi connectivity index (χ4v) is 2.15. The van der Waals surface area contributed by atoms with Gasteiger partial charge in [-0.2, -0.15) is 18.3 Å². The molecule has 0 aliphatic heterocycles. The molecule has 0 bridgehead atoms. The lowest BCUT2D eigenvalue weighted by atomic mass is 10.1. The number of rotatable bonds is 4. The number of alkyl halides is 3. The van der Waals surface area contributed by atoms with Gasteiger partial charge in [0.15, 0.2) is 6.29 Å². The van der Waals surface area contributed by atoms with Gasteiger partial charge in [0.05, 0.1) is 16.9 Å². The Hall–Kier alpha value is -2.11. The van der Waals surface area contributed by atoms with Crippen molar-refractivity contribution in [3.63, 3.8) is 0 Å². The number of hydrogen-bond acceptors (Lipinski definition) is 2. The van der Waals surface area contributed by atoms with E-state index in [4.69, 9.17) is 0 Å². The smallest absolute Gasteiger partial charge is 0.298 e. The number of aldehydes is 1. The van der Waals surface area contributed by atoms with E-state index in [9.17, 15) is 18.0 Å². The topological polar surface area (TPSA) is 34.9 Å². The van der Waals surface area contributed by atoms with Crippen LogP contribution >= 0.6 is 0 Å². The van der Waals surface area contributed by atoms with Crippen LogP contribution in [-0.4, -0.2) is 16.1 Å². The maximum atomic E-state index is 13.0. The summed E-state index contributed by atoms with van der Waals surface area (Å²) in [7, 11) is 0. The van der Waals surface area contributed by atoms with E-state index in [1.54, 1.807) is 0 Å². The van der Waals surface area contributed by atoms with Crippen LogP contribution in [-0.2, 0) is 19.0 Å². The highest BCUT2D eigenvalue weighted by Crippen LogP contribution is 2.33. The van der Waals surface area contributed by atoms with Gasteiger partial charge in [-0.05, 0) is 37.1 Å². The molecule has 112 valence electrons. The van der Waals surface area contributed by atoms with Crippen LogP contribution in [0, 0.1) is 0 Å². The van der Waals surface area contributed by atoms with E-state index >= 15 is 0 Å². The van der Waals surface area contributed by atoms with Gasteiger partial charge in [0.25, 0.3) is 0 Å². The maximum absolute atomic E-state index is 13.0. The van der Waals surface area contributed by atoms with Crippen molar-refractivity contribution in [2.24, 2.45) is 0 Å². The molecule has 0 aliphatic carbocycles. The summed E-state index contributed by atoms with van der Waals surface area (Å²) in [6.07, 6.45) is -2.99. The van der Waals surface area contributed by atoms with Gasteiger partial charge < -0.3 is 0 Å². The summed E-state index contributed by atoms with van der Waals surface area (Å²) in [5, 5.41) is 4.31. The van der Waals surface area contributed by atoms with Crippen LogP contribution in [0.1, 0.15) is 41.2 Å². The summed E-state index contributed by atoms with van der Waals surface area (Å²) in [6.45, 7) is 3.85. The number of nitrogens with zero attached hydrogens (tertiary/aromatic N) is 2. The molecule has 0 radical (unpaired) electrons. The Bertz CT molecular complexity index is 659. The van der Waals surface area contributed by atoms with E-state index in [0.29, 0.717) is 18.5 Å². The second-order valence-electron chi connectivity index (χ2n) is 4.63. The first-order valence-electron chi connectivity index (χ1n) is 6.65. The Morgan fingerprint density at radius 3 is 2.43 bits per heavy atom. The zero-order valence-corrected chi connectivity index (χ0v) is 11.7. The largest absolute Gasteiger partial charge is 0.417 e. The number of carbonyl (C=O) groups excluding carboxylic acids is 1. The van der Waals surface area contributed by atoms with E-state index < -0.39 is 11.7 Å². The lowest BCUT2D eigenvalue weighted by Crippen LogP contribution is -2.11. The quantitative estimate of drug-likeness (QED) is 0.804. The van der Waals surface area contributed by atoms with Gasteiger partial charge in [-0.15, -0.1) is 0 Å². The summed E-state index contributed by atoms with van der Waals surface area (Å²) < 4.78 is 40.5. The van der Waals surface area contributed by atoms with Crippen molar-refractivity contribution >= 4 is 6.29 Å². The van der Waals surface area contributed by atoms with Gasteiger partial charge in [0.2, 0.25) is 0 Å². The van der Waals surface area contributed by atoms with E-state index in [-0.39, 0.29) is 11.8 Å². The Balaban J connectivity index is 2.60. The molecule has 0 spiro atoms. The molecule has 0 amide bonds. The SMILES string of the molecule is CCc1cc(CC)n(-c2ccc(C=O)c(C(F)(F)F)c2)n1. The normalized spacial score (nSPS) is 11.7. The van der Waals surface area contributed by atoms with Crippen LogP contribution in [0.5, 0.6) is 0 Å². The van der Waals surface area contributed by atoms with Crippen LogP contribution in [0.15, 0.2) is 24.3 Å².